The van der Waals surface area contributed by atoms with E-state index in [0.717, 1.165) is 11.3 Å². The van der Waals surface area contributed by atoms with Gasteiger partial charge >= 0.3 is 0 Å². The molecule has 2 aromatic carbocycles. The number of anilines is 1. The number of aryl methyl sites for hydroxylation is 1. The molecule has 3 nitrogen and oxygen atoms in total. The Morgan fingerprint density at radius 1 is 1.10 bits per heavy atom. The fourth-order valence-electron chi connectivity index (χ4n) is 2.43. The lowest BCUT2D eigenvalue weighted by molar-refractivity contribution is -0.120. The van der Waals surface area contributed by atoms with Gasteiger partial charge in [0.15, 0.2) is 0 Å². The number of carbonyl (C=O) groups excluding carboxylic acids is 1. The van der Waals surface area contributed by atoms with Gasteiger partial charge in [0.1, 0.15) is 0 Å². The first-order chi connectivity index (χ1) is 10.1. The van der Waals surface area contributed by atoms with Gasteiger partial charge in [-0.15, -0.1) is 0 Å². The van der Waals surface area contributed by atoms with Crippen molar-refractivity contribution in [2.75, 3.05) is 18.5 Å². The molecule has 21 heavy (non-hydrogen) atoms. The Morgan fingerprint density at radius 3 is 2.38 bits per heavy atom. The van der Waals surface area contributed by atoms with Crippen LogP contribution < -0.4 is 10.2 Å². The molecule has 0 aliphatic carbocycles. The number of nitrogens with one attached hydrogen (secondary N) is 1. The van der Waals surface area contributed by atoms with Crippen LogP contribution in [-0.2, 0) is 4.79 Å². The summed E-state index contributed by atoms with van der Waals surface area (Å²) in [5.41, 5.74) is 3.39. The number of hydrogen-bond acceptors (Lipinski definition) is 2. The van der Waals surface area contributed by atoms with Gasteiger partial charge in [-0.3, -0.25) is 4.79 Å². The van der Waals surface area contributed by atoms with Crippen molar-refractivity contribution in [2.45, 2.75) is 19.9 Å². The summed E-state index contributed by atoms with van der Waals surface area (Å²) in [7, 11) is 1.92. The van der Waals surface area contributed by atoms with E-state index in [9.17, 15) is 4.79 Å². The van der Waals surface area contributed by atoms with Gasteiger partial charge in [-0.1, -0.05) is 42.5 Å². The molecule has 2 rings (SSSR count). The molecule has 3 heteroatoms. The fraction of sp³-hybridized carbons (Fsp3) is 0.278. The van der Waals surface area contributed by atoms with E-state index in [1.165, 1.54) is 5.56 Å². The third-order valence-corrected chi connectivity index (χ3v) is 3.61. The van der Waals surface area contributed by atoms with Gasteiger partial charge < -0.3 is 10.2 Å². The molecule has 2 aromatic rings. The zero-order valence-corrected chi connectivity index (χ0v) is 12.8. The van der Waals surface area contributed by atoms with Crippen LogP contribution in [0.2, 0.25) is 0 Å². The van der Waals surface area contributed by atoms with Crippen LogP contribution in [0.3, 0.4) is 0 Å². The third kappa shape index (κ3) is 4.09. The number of carbonyl (C=O) groups is 1. The highest BCUT2D eigenvalue weighted by Gasteiger charge is 2.13. The molecule has 1 unspecified atom stereocenters. The molecule has 1 amide bonds. The molecular weight excluding hydrogens is 260 g/mol. The van der Waals surface area contributed by atoms with Gasteiger partial charge in [-0.25, -0.2) is 0 Å². The summed E-state index contributed by atoms with van der Waals surface area (Å²) in [6, 6.07) is 18.1. The lowest BCUT2D eigenvalue weighted by Gasteiger charge is -2.21. The normalized spacial score (nSPS) is 11.8. The van der Waals surface area contributed by atoms with Crippen molar-refractivity contribution in [2.24, 2.45) is 0 Å². The highest BCUT2D eigenvalue weighted by Crippen LogP contribution is 2.17. The van der Waals surface area contributed by atoms with Gasteiger partial charge in [0.2, 0.25) is 5.91 Å². The van der Waals surface area contributed by atoms with Crippen LogP contribution in [0.1, 0.15) is 24.1 Å². The summed E-state index contributed by atoms with van der Waals surface area (Å²) < 4.78 is 0. The number of rotatable bonds is 5. The van der Waals surface area contributed by atoms with Gasteiger partial charge in [0.25, 0.3) is 0 Å². The zero-order chi connectivity index (χ0) is 15.2. The van der Waals surface area contributed by atoms with E-state index in [-0.39, 0.29) is 11.9 Å². The number of benzene rings is 2. The van der Waals surface area contributed by atoms with Gasteiger partial charge in [-0.05, 0) is 37.1 Å². The Labute approximate surface area is 126 Å². The summed E-state index contributed by atoms with van der Waals surface area (Å²) >= 11 is 0. The topological polar surface area (TPSA) is 32.3 Å². The highest BCUT2D eigenvalue weighted by molar-refractivity contribution is 5.81. The van der Waals surface area contributed by atoms with E-state index in [0.29, 0.717) is 6.54 Å². The standard InChI is InChI=1S/C18H22N2O/c1-14-9-7-8-12-17(14)15(2)19-18(21)13-20(3)16-10-5-4-6-11-16/h4-12,15H,13H2,1-3H3,(H,19,21). The number of amides is 1. The van der Waals surface area contributed by atoms with E-state index < -0.39 is 0 Å². The summed E-state index contributed by atoms with van der Waals surface area (Å²) in [5, 5.41) is 3.06. The number of likely N-dealkylation sites (N-methyl/N-ethyl adjacent to an activating group) is 1. The van der Waals surface area contributed by atoms with Crippen LogP contribution >= 0.6 is 0 Å². The SMILES string of the molecule is Cc1ccccc1C(C)NC(=O)CN(C)c1ccccc1. The Morgan fingerprint density at radius 2 is 1.71 bits per heavy atom. The van der Waals surface area contributed by atoms with Crippen LogP contribution in [0.5, 0.6) is 0 Å². The molecule has 1 atom stereocenters. The second-order valence-electron chi connectivity index (χ2n) is 5.34. The maximum Gasteiger partial charge on any atom is 0.239 e. The van der Waals surface area contributed by atoms with Crippen molar-refractivity contribution in [3.8, 4) is 0 Å². The van der Waals surface area contributed by atoms with E-state index >= 15 is 0 Å². The summed E-state index contributed by atoms with van der Waals surface area (Å²) in [6.07, 6.45) is 0. The quantitative estimate of drug-likeness (QED) is 0.912. The van der Waals surface area contributed by atoms with Crippen molar-refractivity contribution in [3.63, 3.8) is 0 Å². The van der Waals surface area contributed by atoms with Crippen LogP contribution in [0.4, 0.5) is 5.69 Å². The Kier molecular flexibility index (Phi) is 4.99. The number of hydrogen-bond donors (Lipinski definition) is 1. The van der Waals surface area contributed by atoms with Crippen LogP contribution in [0.25, 0.3) is 0 Å². The zero-order valence-electron chi connectivity index (χ0n) is 12.8. The molecule has 0 saturated heterocycles. The summed E-state index contributed by atoms with van der Waals surface area (Å²) in [6.45, 7) is 4.43. The van der Waals surface area contributed by atoms with Crippen LogP contribution in [0, 0.1) is 6.92 Å². The largest absolute Gasteiger partial charge is 0.365 e. The number of para-hydroxylation sites is 1. The predicted octanol–water partition coefficient (Wildman–Crippen LogP) is 3.31. The molecule has 1 N–H and O–H groups in total. The van der Waals surface area contributed by atoms with E-state index in [2.05, 4.69) is 24.4 Å². The first-order valence-corrected chi connectivity index (χ1v) is 7.19. The molecule has 0 radical (unpaired) electrons. The summed E-state index contributed by atoms with van der Waals surface area (Å²) in [4.78, 5) is 14.1. The third-order valence-electron chi connectivity index (χ3n) is 3.61. The van der Waals surface area contributed by atoms with Crippen molar-refractivity contribution < 1.29 is 4.79 Å². The minimum absolute atomic E-state index is 0.0165. The monoisotopic (exact) mass is 282 g/mol. The molecule has 0 aromatic heterocycles. The smallest absolute Gasteiger partial charge is 0.239 e. The van der Waals surface area contributed by atoms with Gasteiger partial charge in [-0.2, -0.15) is 0 Å². The van der Waals surface area contributed by atoms with Crippen molar-refractivity contribution >= 4 is 11.6 Å². The molecule has 0 aliphatic rings. The van der Waals surface area contributed by atoms with Crippen LogP contribution in [-0.4, -0.2) is 19.5 Å². The molecule has 0 aliphatic heterocycles. The Hall–Kier alpha value is -2.29. The van der Waals surface area contributed by atoms with E-state index in [4.69, 9.17) is 0 Å². The lowest BCUT2D eigenvalue weighted by atomic mass is 10.0. The molecule has 0 saturated carbocycles. The summed E-state index contributed by atoms with van der Waals surface area (Å²) in [5.74, 6) is 0.0251. The van der Waals surface area contributed by atoms with E-state index in [1.54, 1.807) is 0 Å². The molecule has 110 valence electrons. The van der Waals surface area contributed by atoms with Gasteiger partial charge in [0, 0.05) is 12.7 Å². The Bertz CT molecular complexity index is 595. The fourth-order valence-corrected chi connectivity index (χ4v) is 2.43. The van der Waals surface area contributed by atoms with Crippen molar-refractivity contribution in [1.82, 2.24) is 5.32 Å². The van der Waals surface area contributed by atoms with Crippen molar-refractivity contribution in [3.05, 3.63) is 65.7 Å². The van der Waals surface area contributed by atoms with E-state index in [1.807, 2.05) is 61.3 Å². The molecule has 0 fully saturated rings. The molecule has 0 bridgehead atoms. The molecule has 0 spiro atoms. The Balaban J connectivity index is 1.94. The minimum Gasteiger partial charge on any atom is -0.365 e. The average molecular weight is 282 g/mol. The van der Waals surface area contributed by atoms with Gasteiger partial charge in [0.05, 0.1) is 12.6 Å². The van der Waals surface area contributed by atoms with Crippen molar-refractivity contribution in [1.29, 1.82) is 0 Å². The predicted molar refractivity (Wildman–Crippen MR) is 87.4 cm³/mol. The molecule has 0 heterocycles. The first kappa shape index (κ1) is 15.1. The minimum atomic E-state index is 0.0165. The molecular formula is C18H22N2O. The maximum atomic E-state index is 12.2. The first-order valence-electron chi connectivity index (χ1n) is 7.19. The lowest BCUT2D eigenvalue weighted by Crippen LogP contribution is -2.36. The second kappa shape index (κ2) is 6.93. The second-order valence-corrected chi connectivity index (χ2v) is 5.34. The maximum absolute atomic E-state index is 12.2. The number of nitrogens with zero attached hydrogens (tertiary/aromatic N) is 1. The highest BCUT2D eigenvalue weighted by atomic mass is 16.2. The average Bonchev–Trinajstić information content (AvgIpc) is 2.48. The van der Waals surface area contributed by atoms with Crippen LogP contribution in [0.15, 0.2) is 54.6 Å².